The van der Waals surface area contributed by atoms with Gasteiger partial charge in [-0.1, -0.05) is 24.8 Å². The first-order valence-electron chi connectivity index (χ1n) is 10.5. The first-order valence-corrected chi connectivity index (χ1v) is 11.3. The van der Waals surface area contributed by atoms with Crippen LogP contribution in [0.5, 0.6) is 17.2 Å². The Hall–Kier alpha value is -3.91. The maximum Gasteiger partial charge on any atom is 0.431 e. The summed E-state index contributed by atoms with van der Waals surface area (Å²) in [5, 5.41) is 0. The van der Waals surface area contributed by atoms with Crippen LogP contribution in [0.4, 0.5) is 17.6 Å². The zero-order valence-corrected chi connectivity index (χ0v) is 21.3. The lowest BCUT2D eigenvalue weighted by Crippen LogP contribution is -2.41. The number of para-hydroxylation sites is 2. The van der Waals surface area contributed by atoms with Crippen LogP contribution < -0.4 is 20.7 Å². The third-order valence-electron chi connectivity index (χ3n) is 4.91. The molecule has 9 nitrogen and oxygen atoms in total. The largest absolute Gasteiger partial charge is 0.457 e. The number of carbonyl (C=O) groups excluding carboxylic acids is 1. The van der Waals surface area contributed by atoms with E-state index in [1.54, 1.807) is 12.1 Å². The number of methoxy groups -OCH3 is 1. The number of carbonyl (C=O) groups is 1. The smallest absolute Gasteiger partial charge is 0.431 e. The van der Waals surface area contributed by atoms with Gasteiger partial charge in [0.2, 0.25) is 0 Å². The van der Waals surface area contributed by atoms with Crippen molar-refractivity contribution in [3.63, 3.8) is 0 Å². The van der Waals surface area contributed by atoms with E-state index in [9.17, 15) is 31.9 Å². The lowest BCUT2D eigenvalue weighted by molar-refractivity contribution is -0.172. The van der Waals surface area contributed by atoms with E-state index >= 15 is 0 Å². The highest BCUT2D eigenvalue weighted by molar-refractivity contribution is 9.10. The van der Waals surface area contributed by atoms with E-state index in [0.29, 0.717) is 0 Å². The summed E-state index contributed by atoms with van der Waals surface area (Å²) in [4.78, 5) is 37.2. The summed E-state index contributed by atoms with van der Waals surface area (Å²) in [6, 6.07) is 7.95. The molecule has 3 aromatic rings. The minimum Gasteiger partial charge on any atom is -0.457 e. The summed E-state index contributed by atoms with van der Waals surface area (Å²) >= 11 is 3.11. The number of aromatic nitrogens is 2. The maximum atomic E-state index is 14.9. The maximum absolute atomic E-state index is 14.9. The van der Waals surface area contributed by atoms with Gasteiger partial charge in [0.15, 0.2) is 11.5 Å². The Labute approximate surface area is 220 Å². The van der Waals surface area contributed by atoms with Gasteiger partial charge in [0.25, 0.3) is 11.8 Å². The molecule has 0 spiro atoms. The summed E-state index contributed by atoms with van der Waals surface area (Å²) in [7, 11) is 2.00. The minimum atomic E-state index is -4.99. The normalized spacial score (nSPS) is 12.1. The van der Waals surface area contributed by atoms with Crippen LogP contribution in [-0.2, 0) is 27.5 Å². The van der Waals surface area contributed by atoms with Gasteiger partial charge in [0.05, 0.1) is 10.2 Å². The monoisotopic (exact) mass is 602 g/mol. The quantitative estimate of drug-likeness (QED) is 0.156. The second-order valence-corrected chi connectivity index (χ2v) is 8.28. The number of rotatable bonds is 9. The number of esters is 1. The van der Waals surface area contributed by atoms with Crippen molar-refractivity contribution in [2.24, 2.45) is 7.05 Å². The Balaban J connectivity index is 2.04. The molecule has 0 fully saturated rings. The van der Waals surface area contributed by atoms with Crippen molar-refractivity contribution >= 4 is 21.9 Å². The van der Waals surface area contributed by atoms with Crippen LogP contribution in [-0.4, -0.2) is 35.1 Å². The van der Waals surface area contributed by atoms with E-state index in [0.717, 1.165) is 19.2 Å². The number of nitrogens with zero attached hydrogens (tertiary/aromatic N) is 2. The fourth-order valence-electron chi connectivity index (χ4n) is 3.15. The summed E-state index contributed by atoms with van der Waals surface area (Å²) in [5.41, 5.74) is -4.99. The van der Waals surface area contributed by atoms with Crippen molar-refractivity contribution in [3.05, 3.63) is 91.9 Å². The molecule has 1 heterocycles. The molecule has 202 valence electrons. The Morgan fingerprint density at radius 2 is 1.79 bits per heavy atom. The lowest BCUT2D eigenvalue weighted by atomic mass is 10.2. The Morgan fingerprint density at radius 1 is 1.13 bits per heavy atom. The third-order valence-corrected chi connectivity index (χ3v) is 5.53. The molecule has 0 saturated carbocycles. The number of benzene rings is 2. The molecule has 0 aliphatic carbocycles. The van der Waals surface area contributed by atoms with E-state index in [2.05, 4.69) is 22.5 Å². The molecule has 2 aromatic carbocycles. The van der Waals surface area contributed by atoms with E-state index in [4.69, 9.17) is 18.9 Å². The van der Waals surface area contributed by atoms with Crippen molar-refractivity contribution in [1.82, 2.24) is 9.13 Å². The predicted molar refractivity (Wildman–Crippen MR) is 129 cm³/mol. The van der Waals surface area contributed by atoms with Crippen molar-refractivity contribution in [3.8, 4) is 22.9 Å². The highest BCUT2D eigenvalue weighted by Gasteiger charge is 2.35. The van der Waals surface area contributed by atoms with Crippen molar-refractivity contribution in [1.29, 1.82) is 0 Å². The molecular formula is C24H19BrF4N2O7. The second-order valence-electron chi connectivity index (χ2n) is 7.43. The molecule has 0 aliphatic heterocycles. The van der Waals surface area contributed by atoms with Gasteiger partial charge in [0.1, 0.15) is 23.9 Å². The molecular weight excluding hydrogens is 584 g/mol. The van der Waals surface area contributed by atoms with Crippen LogP contribution in [0.15, 0.2) is 69.2 Å². The molecule has 0 amide bonds. The van der Waals surface area contributed by atoms with Crippen LogP contribution in [0.3, 0.4) is 0 Å². The molecule has 1 atom stereocenters. The minimum absolute atomic E-state index is 0.00278. The van der Waals surface area contributed by atoms with Crippen LogP contribution in [0.25, 0.3) is 5.69 Å². The first kappa shape index (κ1) is 28.7. The molecule has 38 heavy (non-hydrogen) atoms. The van der Waals surface area contributed by atoms with Gasteiger partial charge in [-0.2, -0.15) is 13.2 Å². The van der Waals surface area contributed by atoms with Gasteiger partial charge in [-0.05, 0) is 34.1 Å². The van der Waals surface area contributed by atoms with Crippen molar-refractivity contribution in [2.45, 2.75) is 12.5 Å². The van der Waals surface area contributed by atoms with E-state index in [1.807, 2.05) is 0 Å². The number of hydrogen-bond acceptors (Lipinski definition) is 7. The standard InChI is InChI=1S/C24H19BrF4N2O7/c1-4-9-36-21(33)22(35-3)38-17-8-6-5-7-16(17)37-18-11-15(14(26)10-13(18)25)31-20(32)12-19(24(27,28)29)30(2)23(31)34/h4-8,10-12,22H,1,9H2,2-3H3/t22-/m0/s1. The average Bonchev–Trinajstić information content (AvgIpc) is 2.86. The molecule has 0 radical (unpaired) electrons. The highest BCUT2D eigenvalue weighted by Crippen LogP contribution is 2.37. The van der Waals surface area contributed by atoms with Crippen LogP contribution in [0.2, 0.25) is 0 Å². The van der Waals surface area contributed by atoms with E-state index < -0.39 is 46.9 Å². The first-order chi connectivity index (χ1) is 17.9. The Bertz CT molecular complexity index is 1480. The Morgan fingerprint density at radius 3 is 2.39 bits per heavy atom. The summed E-state index contributed by atoms with van der Waals surface area (Å²) in [6.45, 7) is 3.35. The van der Waals surface area contributed by atoms with Crippen molar-refractivity contribution in [2.75, 3.05) is 13.7 Å². The third kappa shape index (κ3) is 6.14. The predicted octanol–water partition coefficient (Wildman–Crippen LogP) is 4.33. The van der Waals surface area contributed by atoms with Gasteiger partial charge in [-0.25, -0.2) is 18.5 Å². The summed E-state index contributed by atoms with van der Waals surface area (Å²) < 4.78 is 76.1. The van der Waals surface area contributed by atoms with Gasteiger partial charge in [0, 0.05) is 26.3 Å². The van der Waals surface area contributed by atoms with Crippen LogP contribution in [0.1, 0.15) is 5.69 Å². The zero-order valence-electron chi connectivity index (χ0n) is 19.8. The fraction of sp³-hybridized carbons (Fsp3) is 0.208. The van der Waals surface area contributed by atoms with Gasteiger partial charge in [-0.3, -0.25) is 9.36 Å². The SMILES string of the molecule is C=CCOC(=O)[C@@H](OC)Oc1ccccc1Oc1cc(-n2c(=O)cc(C(F)(F)F)n(C)c2=O)c(F)cc1Br. The second kappa shape index (κ2) is 11.6. The van der Waals surface area contributed by atoms with E-state index in [-0.39, 0.29) is 43.5 Å². The van der Waals surface area contributed by atoms with Gasteiger partial charge >= 0.3 is 17.8 Å². The van der Waals surface area contributed by atoms with Gasteiger partial charge < -0.3 is 18.9 Å². The number of alkyl halides is 3. The Kier molecular flexibility index (Phi) is 8.78. The highest BCUT2D eigenvalue weighted by atomic mass is 79.9. The topological polar surface area (TPSA) is 98.0 Å². The van der Waals surface area contributed by atoms with Crippen molar-refractivity contribution < 1.29 is 41.3 Å². The molecule has 0 bridgehead atoms. The molecule has 0 unspecified atom stereocenters. The molecule has 3 rings (SSSR count). The van der Waals surface area contributed by atoms with Crippen LogP contribution in [0, 0.1) is 5.82 Å². The average molecular weight is 603 g/mol. The van der Waals surface area contributed by atoms with Crippen LogP contribution >= 0.6 is 15.9 Å². The van der Waals surface area contributed by atoms with Gasteiger partial charge in [-0.15, -0.1) is 0 Å². The van der Waals surface area contributed by atoms with E-state index in [1.165, 1.54) is 25.3 Å². The molecule has 0 aliphatic rings. The number of ether oxygens (including phenoxy) is 4. The molecule has 14 heteroatoms. The lowest BCUT2D eigenvalue weighted by Gasteiger charge is -2.19. The molecule has 1 aromatic heterocycles. The number of halogens is 5. The zero-order chi connectivity index (χ0) is 28.2. The fourth-order valence-corrected chi connectivity index (χ4v) is 3.55. The summed E-state index contributed by atoms with van der Waals surface area (Å²) in [6.07, 6.45) is -5.12. The molecule has 0 N–H and O–H groups in total. The summed E-state index contributed by atoms with van der Waals surface area (Å²) in [5.74, 6) is -2.11. The number of hydrogen-bond donors (Lipinski definition) is 0. The molecule has 0 saturated heterocycles.